The van der Waals surface area contributed by atoms with E-state index in [-0.39, 0.29) is 11.8 Å². The van der Waals surface area contributed by atoms with Crippen LogP contribution < -0.4 is 10.9 Å². The number of carbonyl (C=O) groups excluding carboxylic acids is 2. The molecule has 0 aliphatic heterocycles. The fourth-order valence-electron chi connectivity index (χ4n) is 2.88. The number of hydrazine groups is 2. The average molecular weight is 486 g/mol. The summed E-state index contributed by atoms with van der Waals surface area (Å²) in [7, 11) is 1.29. The maximum atomic E-state index is 12.1. The molecule has 2 N–H and O–H groups in total. The lowest BCUT2D eigenvalue weighted by atomic mass is 10.1. The minimum Gasteiger partial charge on any atom is -0.452 e. The molecule has 6 heteroatoms. The highest BCUT2D eigenvalue weighted by atomic mass is 16.5. The number of amides is 2. The summed E-state index contributed by atoms with van der Waals surface area (Å²) in [5.74, 6) is 0.108. The van der Waals surface area contributed by atoms with Crippen LogP contribution in [0.5, 0.6) is 0 Å². The molecule has 196 valence electrons. The molecule has 0 saturated carbocycles. The van der Waals surface area contributed by atoms with Gasteiger partial charge in [-0.2, -0.15) is 0 Å². The third kappa shape index (κ3) is 22.7. The normalized spacial score (nSPS) is 12.9. The number of hydrogen-bond donors (Lipinski definition) is 2. The molecule has 0 rings (SSSR count). The zero-order valence-electron chi connectivity index (χ0n) is 22.5. The quantitative estimate of drug-likeness (QED) is 0.160. The molecule has 0 aromatic carbocycles. The van der Waals surface area contributed by atoms with Gasteiger partial charge in [0.25, 0.3) is 0 Å². The summed E-state index contributed by atoms with van der Waals surface area (Å²) in [5.41, 5.74) is 6.55. The second-order valence-electron chi connectivity index (χ2n) is 8.64. The third-order valence-electron chi connectivity index (χ3n) is 4.68. The molecule has 0 aliphatic rings. The Kier molecular flexibility index (Phi) is 21.0. The smallest absolute Gasteiger partial charge is 0.422 e. The highest BCUT2D eigenvalue weighted by Crippen LogP contribution is 2.05. The van der Waals surface area contributed by atoms with E-state index in [4.69, 9.17) is 0 Å². The van der Waals surface area contributed by atoms with Crippen molar-refractivity contribution in [3.63, 3.8) is 0 Å². The van der Waals surface area contributed by atoms with Gasteiger partial charge in [0.1, 0.15) is 0 Å². The lowest BCUT2D eigenvalue weighted by Crippen LogP contribution is -2.54. The van der Waals surface area contributed by atoms with Crippen molar-refractivity contribution >= 4 is 12.0 Å². The van der Waals surface area contributed by atoms with Crippen LogP contribution in [0.15, 0.2) is 72.4 Å². The van der Waals surface area contributed by atoms with Gasteiger partial charge >= 0.3 is 6.09 Å². The van der Waals surface area contributed by atoms with E-state index in [9.17, 15) is 9.59 Å². The molecule has 0 saturated heterocycles. The molecule has 2 amide bonds. The zero-order chi connectivity index (χ0) is 26.2. The molecule has 0 radical (unpaired) electrons. The van der Waals surface area contributed by atoms with Crippen LogP contribution in [0.1, 0.15) is 79.1 Å². The Morgan fingerprint density at radius 3 is 2.00 bits per heavy atom. The number of nitrogens with one attached hydrogen (secondary N) is 2. The molecular weight excluding hydrogens is 438 g/mol. The van der Waals surface area contributed by atoms with E-state index in [2.05, 4.69) is 90.2 Å². The summed E-state index contributed by atoms with van der Waals surface area (Å²) in [4.78, 5) is 23.5. The lowest BCUT2D eigenvalue weighted by Gasteiger charge is -2.24. The molecule has 35 heavy (non-hydrogen) atoms. The van der Waals surface area contributed by atoms with Crippen LogP contribution in [0.2, 0.25) is 0 Å². The van der Waals surface area contributed by atoms with Gasteiger partial charge in [0.15, 0.2) is 0 Å². The average Bonchev–Trinajstić information content (AvgIpc) is 2.81. The molecule has 6 nitrogen and oxygen atoms in total. The Labute approximate surface area is 213 Å². The number of methoxy groups -OCH3 is 1. The van der Waals surface area contributed by atoms with Crippen molar-refractivity contribution in [2.45, 2.75) is 79.1 Å². The van der Waals surface area contributed by atoms with Crippen molar-refractivity contribution in [3.05, 3.63) is 72.4 Å². The fourth-order valence-corrected chi connectivity index (χ4v) is 2.88. The zero-order valence-corrected chi connectivity index (χ0v) is 22.5. The van der Waals surface area contributed by atoms with Crippen molar-refractivity contribution in [2.24, 2.45) is 5.92 Å². The monoisotopic (exact) mass is 485 g/mol. The van der Waals surface area contributed by atoms with Gasteiger partial charge < -0.3 is 4.74 Å². The largest absolute Gasteiger partial charge is 0.452 e. The predicted octanol–water partition coefficient (Wildman–Crippen LogP) is 7.11. The number of ether oxygens (including phenoxy) is 1. The first-order chi connectivity index (χ1) is 16.9. The van der Waals surface area contributed by atoms with Crippen molar-refractivity contribution in [1.29, 1.82) is 0 Å². The Bertz CT molecular complexity index is 746. The van der Waals surface area contributed by atoms with Crippen LogP contribution in [-0.4, -0.2) is 30.8 Å². The van der Waals surface area contributed by atoms with Crippen LogP contribution in [0.4, 0.5) is 4.79 Å². The summed E-state index contributed by atoms with van der Waals surface area (Å²) < 4.78 is 4.58. The van der Waals surface area contributed by atoms with Crippen LogP contribution in [-0.2, 0) is 9.53 Å². The molecule has 0 aromatic rings. The summed E-state index contributed by atoms with van der Waals surface area (Å²) in [5, 5.41) is 1.38. The lowest BCUT2D eigenvalue weighted by molar-refractivity contribution is -0.127. The number of rotatable bonds is 18. The maximum Gasteiger partial charge on any atom is 0.422 e. The van der Waals surface area contributed by atoms with E-state index >= 15 is 0 Å². The summed E-state index contributed by atoms with van der Waals surface area (Å²) >= 11 is 0. The summed E-state index contributed by atoms with van der Waals surface area (Å²) in [6.45, 7) is 8.79. The molecule has 0 heterocycles. The number of carbonyl (C=O) groups is 2. The van der Waals surface area contributed by atoms with Gasteiger partial charge in [-0.05, 0) is 57.8 Å². The highest BCUT2D eigenvalue weighted by molar-refractivity contribution is 5.76. The molecule has 0 spiro atoms. The van der Waals surface area contributed by atoms with Gasteiger partial charge in [-0.3, -0.25) is 10.2 Å². The Morgan fingerprint density at radius 2 is 1.40 bits per heavy atom. The standard InChI is InChI=1S/C29H47N3O3/c1-6-7-8-9-10-11-12-13-16-19-22-27(4)23-20-17-14-15-18-21-24-28(33)30-32(25-26(2)3)31-29(34)35-5/h7-8,10-11,13,15-18,20,22,26H,6,9,12,14,19,21,23-25H2,1-5H3,(H,30,33)(H,31,34)/b8-7-,11-10-,16-13-,18-15-,20-17-,27-22-. The molecule has 0 bridgehead atoms. The number of allylic oxidation sites excluding steroid dienone is 12. The first-order valence-corrected chi connectivity index (χ1v) is 12.7. The van der Waals surface area contributed by atoms with E-state index < -0.39 is 6.09 Å². The van der Waals surface area contributed by atoms with Gasteiger partial charge in [0.2, 0.25) is 5.91 Å². The molecule has 0 aliphatic carbocycles. The van der Waals surface area contributed by atoms with Crippen molar-refractivity contribution in [3.8, 4) is 0 Å². The Balaban J connectivity index is 4.03. The minimum atomic E-state index is -0.613. The van der Waals surface area contributed by atoms with Crippen LogP contribution >= 0.6 is 0 Å². The first kappa shape index (κ1) is 32.1. The molecular formula is C29H47N3O3. The number of nitrogens with zero attached hydrogens (tertiary/aromatic N) is 1. The van der Waals surface area contributed by atoms with Crippen LogP contribution in [0, 0.1) is 5.92 Å². The van der Waals surface area contributed by atoms with Crippen molar-refractivity contribution < 1.29 is 14.3 Å². The van der Waals surface area contributed by atoms with Crippen molar-refractivity contribution in [2.75, 3.05) is 13.7 Å². The van der Waals surface area contributed by atoms with E-state index in [0.29, 0.717) is 19.4 Å². The molecule has 0 unspecified atom stereocenters. The van der Waals surface area contributed by atoms with Gasteiger partial charge in [0.05, 0.1) is 7.11 Å². The van der Waals surface area contributed by atoms with E-state index in [0.717, 1.165) is 38.5 Å². The van der Waals surface area contributed by atoms with Crippen molar-refractivity contribution in [1.82, 2.24) is 16.0 Å². The molecule has 0 aromatic heterocycles. The summed E-state index contributed by atoms with van der Waals surface area (Å²) in [6.07, 6.45) is 30.1. The second-order valence-corrected chi connectivity index (χ2v) is 8.64. The first-order valence-electron chi connectivity index (χ1n) is 12.7. The van der Waals surface area contributed by atoms with Crippen LogP contribution in [0.25, 0.3) is 0 Å². The summed E-state index contributed by atoms with van der Waals surface area (Å²) in [6, 6.07) is 0. The topological polar surface area (TPSA) is 70.7 Å². The van der Waals surface area contributed by atoms with E-state index in [1.807, 2.05) is 19.9 Å². The van der Waals surface area contributed by atoms with Gasteiger partial charge in [0, 0.05) is 13.0 Å². The molecule has 0 fully saturated rings. The molecule has 0 atom stereocenters. The van der Waals surface area contributed by atoms with Crippen LogP contribution in [0.3, 0.4) is 0 Å². The van der Waals surface area contributed by atoms with E-state index in [1.165, 1.54) is 17.8 Å². The third-order valence-corrected chi connectivity index (χ3v) is 4.68. The number of hydrogen-bond acceptors (Lipinski definition) is 4. The van der Waals surface area contributed by atoms with Gasteiger partial charge in [-0.15, -0.1) is 5.12 Å². The predicted molar refractivity (Wildman–Crippen MR) is 147 cm³/mol. The SMILES string of the molecule is CC/C=C\C/C=C\C/C=C\C/C=C(/C)C/C=C\C/C=C\CCC(=O)NN(CC(C)C)NC(=O)OC. The maximum absolute atomic E-state index is 12.1. The minimum absolute atomic E-state index is 0.155. The van der Waals surface area contributed by atoms with Gasteiger partial charge in [-0.1, -0.05) is 93.2 Å². The Hall–Kier alpha value is -2.86. The highest BCUT2D eigenvalue weighted by Gasteiger charge is 2.13. The van der Waals surface area contributed by atoms with Gasteiger partial charge in [-0.25, -0.2) is 10.2 Å². The van der Waals surface area contributed by atoms with E-state index in [1.54, 1.807) is 0 Å². The Morgan fingerprint density at radius 1 is 0.829 bits per heavy atom. The second kappa shape index (κ2) is 22.9. The fraction of sp³-hybridized carbons (Fsp3) is 0.517.